The van der Waals surface area contributed by atoms with Crippen molar-refractivity contribution in [1.29, 1.82) is 0 Å². The summed E-state index contributed by atoms with van der Waals surface area (Å²) in [6.45, 7) is -0.437. The van der Waals surface area contributed by atoms with E-state index in [0.717, 1.165) is 12.8 Å². The number of nitrogens with zero attached hydrogens (tertiary/aromatic N) is 1. The van der Waals surface area contributed by atoms with E-state index in [4.69, 9.17) is 16.3 Å². The van der Waals surface area contributed by atoms with Crippen molar-refractivity contribution in [3.63, 3.8) is 0 Å². The van der Waals surface area contributed by atoms with E-state index in [9.17, 15) is 19.2 Å². The molecule has 1 atom stereocenters. The zero-order chi connectivity index (χ0) is 23.4. The molecule has 0 spiro atoms. The Balaban J connectivity index is 1.35. The Morgan fingerprint density at radius 2 is 1.70 bits per heavy atom. The van der Waals surface area contributed by atoms with Crippen molar-refractivity contribution in [1.82, 2.24) is 0 Å². The van der Waals surface area contributed by atoms with Crippen LogP contribution in [0.4, 0.5) is 5.69 Å². The molecule has 1 saturated carbocycles. The van der Waals surface area contributed by atoms with E-state index in [1.54, 1.807) is 48.2 Å². The van der Waals surface area contributed by atoms with Gasteiger partial charge in [0.1, 0.15) is 0 Å². The third-order valence-corrected chi connectivity index (χ3v) is 7.77. The van der Waals surface area contributed by atoms with Gasteiger partial charge < -0.3 is 4.74 Å². The van der Waals surface area contributed by atoms with Crippen molar-refractivity contribution in [3.05, 3.63) is 64.7 Å². The summed E-state index contributed by atoms with van der Waals surface area (Å²) in [6, 6.07) is 12.6. The second-order valence-corrected chi connectivity index (χ2v) is 10.1. The average Bonchev–Trinajstić information content (AvgIpc) is 3.10. The van der Waals surface area contributed by atoms with Crippen LogP contribution in [-0.2, 0) is 14.3 Å². The van der Waals surface area contributed by atoms with Gasteiger partial charge in [-0.25, -0.2) is 9.69 Å². The summed E-state index contributed by atoms with van der Waals surface area (Å²) in [7, 11) is 0. The number of carbonyl (C=O) groups is 4. The number of anilines is 1. The Bertz CT molecular complexity index is 1060. The van der Waals surface area contributed by atoms with Crippen LogP contribution in [0.15, 0.2) is 48.5 Å². The summed E-state index contributed by atoms with van der Waals surface area (Å²) >= 11 is 7.62. The molecule has 2 aromatic rings. The lowest BCUT2D eigenvalue weighted by Crippen LogP contribution is -2.31. The molecule has 8 heteroatoms. The number of halogens is 1. The zero-order valence-corrected chi connectivity index (χ0v) is 19.6. The van der Waals surface area contributed by atoms with Gasteiger partial charge in [-0.1, -0.05) is 43.0 Å². The maximum atomic E-state index is 12.9. The van der Waals surface area contributed by atoms with Crippen LogP contribution in [0.3, 0.4) is 0 Å². The summed E-state index contributed by atoms with van der Waals surface area (Å²) in [5, 5.41) is 0.384. The van der Waals surface area contributed by atoms with Crippen molar-refractivity contribution >= 4 is 52.6 Å². The molecule has 0 N–H and O–H groups in total. The van der Waals surface area contributed by atoms with E-state index in [1.165, 1.54) is 36.3 Å². The Labute approximate surface area is 201 Å². The second kappa shape index (κ2) is 10.5. The first-order valence-electron chi connectivity index (χ1n) is 11.0. The number of Topliss-reactive ketones (excluding diaryl/α,β-unsaturated/α-hetero) is 1. The number of benzene rings is 2. The van der Waals surface area contributed by atoms with Crippen LogP contribution >= 0.6 is 23.4 Å². The molecule has 4 rings (SSSR count). The molecule has 6 nitrogen and oxygen atoms in total. The number of amides is 2. The van der Waals surface area contributed by atoms with Crippen molar-refractivity contribution in [2.75, 3.05) is 11.5 Å². The Hall–Kier alpha value is -2.64. The van der Waals surface area contributed by atoms with Crippen LogP contribution in [-0.4, -0.2) is 40.7 Å². The highest BCUT2D eigenvalue weighted by Crippen LogP contribution is 2.37. The molecule has 1 heterocycles. The molecule has 1 aliphatic heterocycles. The molecule has 1 aliphatic carbocycles. The van der Waals surface area contributed by atoms with Crippen LogP contribution in [0.25, 0.3) is 0 Å². The minimum absolute atomic E-state index is 0.198. The first-order chi connectivity index (χ1) is 15.9. The number of hydrogen-bond acceptors (Lipinski definition) is 6. The fourth-order valence-electron chi connectivity index (χ4n) is 4.14. The first-order valence-corrected chi connectivity index (χ1v) is 12.3. The van der Waals surface area contributed by atoms with Gasteiger partial charge in [0.15, 0.2) is 6.61 Å². The molecule has 0 bridgehead atoms. The van der Waals surface area contributed by atoms with E-state index in [2.05, 4.69) is 0 Å². The normalized spacial score (nSPS) is 19.1. The molecule has 2 aromatic carbocycles. The van der Waals surface area contributed by atoms with Gasteiger partial charge in [0, 0.05) is 17.2 Å². The van der Waals surface area contributed by atoms with Crippen LogP contribution in [0, 0.1) is 0 Å². The summed E-state index contributed by atoms with van der Waals surface area (Å²) < 4.78 is 5.11. The van der Waals surface area contributed by atoms with E-state index in [1.807, 2.05) is 0 Å². The highest BCUT2D eigenvalue weighted by Gasteiger charge is 2.41. The smallest absolute Gasteiger partial charge is 0.338 e. The summed E-state index contributed by atoms with van der Waals surface area (Å²) in [5.41, 5.74) is 0.937. The maximum Gasteiger partial charge on any atom is 0.338 e. The van der Waals surface area contributed by atoms with Gasteiger partial charge in [-0.05, 0) is 49.2 Å². The molecule has 1 saturated heterocycles. The standard InChI is InChI=1S/C25H24ClNO5S/c26-20-9-5-4-8-19(20)21(28)15-32-25(31)16-10-12-17(13-11-16)27-23(29)14-22(24(27)30)33-18-6-2-1-3-7-18/h4-5,8-13,18,22H,1-3,6-7,14-15H2. The number of esters is 1. The van der Waals surface area contributed by atoms with Gasteiger partial charge in [-0.3, -0.25) is 14.4 Å². The summed E-state index contributed by atoms with van der Waals surface area (Å²) in [6.07, 6.45) is 5.99. The van der Waals surface area contributed by atoms with Crippen molar-refractivity contribution in [3.8, 4) is 0 Å². The Kier molecular flexibility index (Phi) is 7.50. The number of ether oxygens (including phenoxy) is 1. The number of hydrogen-bond donors (Lipinski definition) is 0. The average molecular weight is 486 g/mol. The monoisotopic (exact) mass is 485 g/mol. The predicted octanol–water partition coefficient (Wildman–Crippen LogP) is 5.08. The van der Waals surface area contributed by atoms with E-state index in [-0.39, 0.29) is 34.6 Å². The first kappa shape index (κ1) is 23.5. The largest absolute Gasteiger partial charge is 0.454 e. The molecule has 0 radical (unpaired) electrons. The summed E-state index contributed by atoms with van der Waals surface area (Å²) in [5.74, 6) is -1.50. The molecule has 2 amide bonds. The van der Waals surface area contributed by atoms with Crippen LogP contribution < -0.4 is 4.90 Å². The second-order valence-electron chi connectivity index (χ2n) is 8.18. The molecule has 172 valence electrons. The van der Waals surface area contributed by atoms with Gasteiger partial charge in [0.2, 0.25) is 17.6 Å². The quantitative estimate of drug-likeness (QED) is 0.309. The Morgan fingerprint density at radius 3 is 2.39 bits per heavy atom. The molecule has 1 unspecified atom stereocenters. The van der Waals surface area contributed by atoms with Crippen LogP contribution in [0.1, 0.15) is 59.2 Å². The lowest BCUT2D eigenvalue weighted by molar-refractivity contribution is -0.121. The molecular formula is C25H24ClNO5S. The van der Waals surface area contributed by atoms with Crippen molar-refractivity contribution in [2.24, 2.45) is 0 Å². The number of rotatable bonds is 7. The van der Waals surface area contributed by atoms with Crippen molar-refractivity contribution < 1.29 is 23.9 Å². The van der Waals surface area contributed by atoms with Gasteiger partial charge in [0.25, 0.3) is 0 Å². The lowest BCUT2D eigenvalue weighted by Gasteiger charge is -2.23. The van der Waals surface area contributed by atoms with E-state index < -0.39 is 18.4 Å². The van der Waals surface area contributed by atoms with E-state index >= 15 is 0 Å². The van der Waals surface area contributed by atoms with Gasteiger partial charge >= 0.3 is 5.97 Å². The molecule has 33 heavy (non-hydrogen) atoms. The third kappa shape index (κ3) is 5.47. The maximum absolute atomic E-state index is 12.9. The minimum Gasteiger partial charge on any atom is -0.454 e. The fraction of sp³-hybridized carbons (Fsp3) is 0.360. The Morgan fingerprint density at radius 1 is 1.00 bits per heavy atom. The molecule has 2 aliphatic rings. The molecular weight excluding hydrogens is 462 g/mol. The lowest BCUT2D eigenvalue weighted by atomic mass is 10.0. The highest BCUT2D eigenvalue weighted by atomic mass is 35.5. The fourth-order valence-corrected chi connectivity index (χ4v) is 5.91. The van der Waals surface area contributed by atoms with Gasteiger partial charge in [0.05, 0.1) is 21.5 Å². The predicted molar refractivity (Wildman–Crippen MR) is 128 cm³/mol. The van der Waals surface area contributed by atoms with Gasteiger partial charge in [-0.2, -0.15) is 0 Å². The number of thioether (sulfide) groups is 1. The molecule has 2 fully saturated rings. The molecule has 0 aromatic heterocycles. The number of carbonyl (C=O) groups excluding carboxylic acids is 4. The van der Waals surface area contributed by atoms with Crippen molar-refractivity contribution in [2.45, 2.75) is 49.0 Å². The number of imide groups is 1. The third-order valence-electron chi connectivity index (χ3n) is 5.88. The summed E-state index contributed by atoms with van der Waals surface area (Å²) in [4.78, 5) is 51.2. The topological polar surface area (TPSA) is 80.8 Å². The number of ketones is 1. The van der Waals surface area contributed by atoms with Gasteiger partial charge in [-0.15, -0.1) is 11.8 Å². The van der Waals surface area contributed by atoms with Crippen LogP contribution in [0.2, 0.25) is 5.02 Å². The van der Waals surface area contributed by atoms with E-state index in [0.29, 0.717) is 16.0 Å². The SMILES string of the molecule is O=C(OCC(=O)c1ccccc1Cl)c1ccc(N2C(=O)CC(SC3CCCCC3)C2=O)cc1. The zero-order valence-electron chi connectivity index (χ0n) is 18.0. The van der Waals surface area contributed by atoms with Crippen LogP contribution in [0.5, 0.6) is 0 Å². The minimum atomic E-state index is -0.674. The highest BCUT2D eigenvalue weighted by molar-refractivity contribution is 8.01.